The molecule has 1 rings (SSSR count). The fourth-order valence-corrected chi connectivity index (χ4v) is 1.42. The van der Waals surface area contributed by atoms with Crippen molar-refractivity contribution in [3.05, 3.63) is 23.5 Å². The zero-order valence-corrected chi connectivity index (χ0v) is 12.0. The molecular formula is C14H22N2O3. The molecule has 0 saturated heterocycles. The fraction of sp³-hybridized carbons (Fsp3) is 0.571. The Kier molecular flexibility index (Phi) is 5.30. The minimum absolute atomic E-state index is 0.117. The number of aliphatic carboxylic acids is 1. The Balaban J connectivity index is 2.79. The molecular weight excluding hydrogens is 244 g/mol. The highest BCUT2D eigenvalue weighted by atomic mass is 16.5. The molecule has 0 amide bonds. The Bertz CT molecular complexity index is 444. The Hall–Kier alpha value is -1.62. The van der Waals surface area contributed by atoms with E-state index in [0.29, 0.717) is 12.3 Å². The van der Waals surface area contributed by atoms with Crippen molar-refractivity contribution in [2.75, 3.05) is 13.2 Å². The summed E-state index contributed by atoms with van der Waals surface area (Å²) in [6.45, 7) is 8.79. The van der Waals surface area contributed by atoms with E-state index in [9.17, 15) is 4.79 Å². The van der Waals surface area contributed by atoms with E-state index in [1.54, 1.807) is 13.8 Å². The monoisotopic (exact) mass is 266 g/mol. The SMILES string of the molecule is CCNCc1nc(C)ccc1OCC(C)(C)C(=O)O. The third-order valence-corrected chi connectivity index (χ3v) is 2.78. The number of pyridine rings is 1. The van der Waals surface area contributed by atoms with E-state index in [2.05, 4.69) is 10.3 Å². The molecule has 0 spiro atoms. The summed E-state index contributed by atoms with van der Waals surface area (Å²) in [6.07, 6.45) is 0. The van der Waals surface area contributed by atoms with Crippen molar-refractivity contribution in [2.45, 2.75) is 34.2 Å². The van der Waals surface area contributed by atoms with Gasteiger partial charge in [0.2, 0.25) is 0 Å². The van der Waals surface area contributed by atoms with Crippen molar-refractivity contribution in [3.63, 3.8) is 0 Å². The molecule has 0 bridgehead atoms. The van der Waals surface area contributed by atoms with Gasteiger partial charge in [-0.3, -0.25) is 9.78 Å². The first-order valence-electron chi connectivity index (χ1n) is 6.40. The van der Waals surface area contributed by atoms with Gasteiger partial charge in [0.25, 0.3) is 0 Å². The summed E-state index contributed by atoms with van der Waals surface area (Å²) in [7, 11) is 0. The smallest absolute Gasteiger partial charge is 0.312 e. The second kappa shape index (κ2) is 6.52. The summed E-state index contributed by atoms with van der Waals surface area (Å²) in [5.41, 5.74) is 0.807. The van der Waals surface area contributed by atoms with E-state index in [0.717, 1.165) is 17.9 Å². The van der Waals surface area contributed by atoms with E-state index in [4.69, 9.17) is 9.84 Å². The third kappa shape index (κ3) is 4.52. The van der Waals surface area contributed by atoms with Gasteiger partial charge >= 0.3 is 5.97 Å². The number of nitrogens with one attached hydrogen (secondary N) is 1. The average molecular weight is 266 g/mol. The maximum absolute atomic E-state index is 11.0. The Morgan fingerprint density at radius 1 is 1.47 bits per heavy atom. The number of hydrogen-bond acceptors (Lipinski definition) is 4. The minimum Gasteiger partial charge on any atom is -0.490 e. The van der Waals surface area contributed by atoms with Crippen molar-refractivity contribution in [3.8, 4) is 5.75 Å². The van der Waals surface area contributed by atoms with Gasteiger partial charge in [-0.25, -0.2) is 0 Å². The largest absolute Gasteiger partial charge is 0.490 e. The topological polar surface area (TPSA) is 71.5 Å². The first kappa shape index (κ1) is 15.4. The maximum Gasteiger partial charge on any atom is 0.312 e. The van der Waals surface area contributed by atoms with Gasteiger partial charge in [0.1, 0.15) is 12.4 Å². The molecule has 0 fully saturated rings. The van der Waals surface area contributed by atoms with Gasteiger partial charge in [0.15, 0.2) is 0 Å². The van der Waals surface area contributed by atoms with Crippen molar-refractivity contribution >= 4 is 5.97 Å². The zero-order chi connectivity index (χ0) is 14.5. The molecule has 2 N–H and O–H groups in total. The highest BCUT2D eigenvalue weighted by Gasteiger charge is 2.28. The molecule has 0 atom stereocenters. The molecule has 5 heteroatoms. The van der Waals surface area contributed by atoms with Gasteiger partial charge in [0.05, 0.1) is 11.1 Å². The highest BCUT2D eigenvalue weighted by Crippen LogP contribution is 2.21. The third-order valence-electron chi connectivity index (χ3n) is 2.78. The van der Waals surface area contributed by atoms with E-state index in [1.807, 2.05) is 26.0 Å². The molecule has 0 aliphatic heterocycles. The second-order valence-electron chi connectivity index (χ2n) is 5.16. The second-order valence-corrected chi connectivity index (χ2v) is 5.16. The molecule has 5 nitrogen and oxygen atoms in total. The van der Waals surface area contributed by atoms with Crippen molar-refractivity contribution < 1.29 is 14.6 Å². The molecule has 106 valence electrons. The van der Waals surface area contributed by atoms with E-state index in [-0.39, 0.29) is 6.61 Å². The van der Waals surface area contributed by atoms with Crippen LogP contribution in [0.4, 0.5) is 0 Å². The molecule has 1 aromatic heterocycles. The number of ether oxygens (including phenoxy) is 1. The van der Waals surface area contributed by atoms with Gasteiger partial charge in [0, 0.05) is 12.2 Å². The van der Waals surface area contributed by atoms with Crippen LogP contribution >= 0.6 is 0 Å². The standard InChI is InChI=1S/C14H22N2O3/c1-5-15-8-11-12(7-6-10(2)16-11)19-9-14(3,4)13(17)18/h6-7,15H,5,8-9H2,1-4H3,(H,17,18). The summed E-state index contributed by atoms with van der Waals surface area (Å²) < 4.78 is 5.63. The molecule has 19 heavy (non-hydrogen) atoms. The molecule has 0 aliphatic rings. The van der Waals surface area contributed by atoms with E-state index >= 15 is 0 Å². The molecule has 1 aromatic rings. The lowest BCUT2D eigenvalue weighted by Gasteiger charge is -2.20. The van der Waals surface area contributed by atoms with Crippen LogP contribution in [0.3, 0.4) is 0 Å². The lowest BCUT2D eigenvalue weighted by Crippen LogP contribution is -2.31. The number of carboxylic acid groups (broad SMARTS) is 1. The van der Waals surface area contributed by atoms with Crippen LogP contribution in [0.2, 0.25) is 0 Å². The molecule has 0 saturated carbocycles. The van der Waals surface area contributed by atoms with Crippen molar-refractivity contribution in [1.82, 2.24) is 10.3 Å². The number of carboxylic acids is 1. The molecule has 0 unspecified atom stereocenters. The van der Waals surface area contributed by atoms with Crippen LogP contribution in [0.5, 0.6) is 5.75 Å². The summed E-state index contributed by atoms with van der Waals surface area (Å²) in [4.78, 5) is 15.5. The molecule has 0 aliphatic carbocycles. The first-order chi connectivity index (χ1) is 8.86. The highest BCUT2D eigenvalue weighted by molar-refractivity contribution is 5.73. The fourth-order valence-electron chi connectivity index (χ4n) is 1.42. The number of nitrogens with zero attached hydrogens (tertiary/aromatic N) is 1. The predicted octanol–water partition coefficient (Wildman–Crippen LogP) is 1.99. The zero-order valence-electron chi connectivity index (χ0n) is 12.0. The van der Waals surface area contributed by atoms with Crippen molar-refractivity contribution in [1.29, 1.82) is 0 Å². The summed E-state index contributed by atoms with van der Waals surface area (Å²) >= 11 is 0. The van der Waals surface area contributed by atoms with Crippen LogP contribution < -0.4 is 10.1 Å². The molecule has 1 heterocycles. The number of hydrogen-bond donors (Lipinski definition) is 2. The van der Waals surface area contributed by atoms with E-state index < -0.39 is 11.4 Å². The van der Waals surface area contributed by atoms with Crippen LogP contribution in [0.25, 0.3) is 0 Å². The molecule has 0 radical (unpaired) electrons. The van der Waals surface area contributed by atoms with Crippen LogP contribution in [-0.2, 0) is 11.3 Å². The van der Waals surface area contributed by atoms with Gasteiger partial charge < -0.3 is 15.2 Å². The van der Waals surface area contributed by atoms with Crippen LogP contribution in [0.15, 0.2) is 12.1 Å². The quantitative estimate of drug-likeness (QED) is 0.789. The summed E-state index contributed by atoms with van der Waals surface area (Å²) in [5.74, 6) is -0.235. The van der Waals surface area contributed by atoms with Gasteiger partial charge in [-0.15, -0.1) is 0 Å². The summed E-state index contributed by atoms with van der Waals surface area (Å²) in [6, 6.07) is 3.70. The van der Waals surface area contributed by atoms with Crippen LogP contribution in [0, 0.1) is 12.3 Å². The van der Waals surface area contributed by atoms with Crippen molar-refractivity contribution in [2.24, 2.45) is 5.41 Å². The maximum atomic E-state index is 11.0. The Labute approximate surface area is 114 Å². The van der Waals surface area contributed by atoms with Crippen LogP contribution in [0.1, 0.15) is 32.2 Å². The molecule has 0 aromatic carbocycles. The van der Waals surface area contributed by atoms with Crippen LogP contribution in [-0.4, -0.2) is 29.2 Å². The van der Waals surface area contributed by atoms with E-state index in [1.165, 1.54) is 0 Å². The lowest BCUT2D eigenvalue weighted by atomic mass is 9.95. The Morgan fingerprint density at radius 3 is 2.74 bits per heavy atom. The van der Waals surface area contributed by atoms with Gasteiger partial charge in [-0.2, -0.15) is 0 Å². The van der Waals surface area contributed by atoms with Gasteiger partial charge in [-0.1, -0.05) is 6.92 Å². The number of rotatable bonds is 7. The summed E-state index contributed by atoms with van der Waals surface area (Å²) in [5, 5.41) is 12.3. The number of aryl methyl sites for hydroxylation is 1. The normalized spacial score (nSPS) is 11.4. The first-order valence-corrected chi connectivity index (χ1v) is 6.40. The Morgan fingerprint density at radius 2 is 2.16 bits per heavy atom. The average Bonchev–Trinajstić information content (AvgIpc) is 2.35. The number of carbonyl (C=O) groups is 1. The van der Waals surface area contributed by atoms with Gasteiger partial charge in [-0.05, 0) is 39.4 Å². The predicted molar refractivity (Wildman–Crippen MR) is 73.3 cm³/mol. The minimum atomic E-state index is -0.916. The number of aromatic nitrogens is 1. The lowest BCUT2D eigenvalue weighted by molar-refractivity contribution is -0.148.